The lowest BCUT2D eigenvalue weighted by Crippen LogP contribution is -2.31. The van der Waals surface area contributed by atoms with E-state index >= 15 is 0 Å². The quantitative estimate of drug-likeness (QED) is 0.794. The van der Waals surface area contributed by atoms with Crippen molar-refractivity contribution in [1.29, 1.82) is 0 Å². The first kappa shape index (κ1) is 14.9. The predicted molar refractivity (Wildman–Crippen MR) is 74.0 cm³/mol. The van der Waals surface area contributed by atoms with Crippen molar-refractivity contribution in [2.75, 3.05) is 32.0 Å². The SMILES string of the molecule is CCN(CC)C(=O)c1cc(NCC(=O)NC)ccn1. The Morgan fingerprint density at radius 1 is 1.32 bits per heavy atom. The van der Waals surface area contributed by atoms with Gasteiger partial charge in [0.2, 0.25) is 5.91 Å². The van der Waals surface area contributed by atoms with Crippen molar-refractivity contribution < 1.29 is 9.59 Å². The van der Waals surface area contributed by atoms with Crippen molar-refractivity contribution in [3.8, 4) is 0 Å². The van der Waals surface area contributed by atoms with E-state index in [2.05, 4.69) is 15.6 Å². The number of nitrogens with one attached hydrogen (secondary N) is 2. The van der Waals surface area contributed by atoms with Gasteiger partial charge in [-0.15, -0.1) is 0 Å². The number of carbonyl (C=O) groups excluding carboxylic acids is 2. The monoisotopic (exact) mass is 264 g/mol. The van der Waals surface area contributed by atoms with Crippen LogP contribution in [0.4, 0.5) is 5.69 Å². The molecular formula is C13H20N4O2. The van der Waals surface area contributed by atoms with Crippen LogP contribution < -0.4 is 10.6 Å². The van der Waals surface area contributed by atoms with Gasteiger partial charge >= 0.3 is 0 Å². The molecule has 1 aromatic rings. The highest BCUT2D eigenvalue weighted by Gasteiger charge is 2.14. The van der Waals surface area contributed by atoms with Crippen LogP contribution in [0.5, 0.6) is 0 Å². The van der Waals surface area contributed by atoms with E-state index in [0.29, 0.717) is 24.5 Å². The summed E-state index contributed by atoms with van der Waals surface area (Å²) in [5.41, 5.74) is 1.08. The van der Waals surface area contributed by atoms with Crippen LogP contribution >= 0.6 is 0 Å². The zero-order valence-electron chi connectivity index (χ0n) is 11.6. The molecule has 2 N–H and O–H groups in total. The number of hydrogen-bond acceptors (Lipinski definition) is 4. The Morgan fingerprint density at radius 3 is 2.58 bits per heavy atom. The van der Waals surface area contributed by atoms with Gasteiger partial charge in [0.1, 0.15) is 5.69 Å². The molecule has 0 aliphatic carbocycles. The van der Waals surface area contributed by atoms with Gasteiger partial charge in [-0.2, -0.15) is 0 Å². The molecule has 104 valence electrons. The Balaban J connectivity index is 2.76. The second kappa shape index (κ2) is 7.35. The van der Waals surface area contributed by atoms with Crippen LogP contribution in [0.2, 0.25) is 0 Å². The van der Waals surface area contributed by atoms with Crippen LogP contribution in [0.1, 0.15) is 24.3 Å². The third-order valence-electron chi connectivity index (χ3n) is 2.76. The lowest BCUT2D eigenvalue weighted by molar-refractivity contribution is -0.118. The number of amides is 2. The Kier molecular flexibility index (Phi) is 5.78. The smallest absolute Gasteiger partial charge is 0.272 e. The van der Waals surface area contributed by atoms with Gasteiger partial charge in [-0.3, -0.25) is 14.6 Å². The predicted octanol–water partition coefficient (Wildman–Crippen LogP) is 0.721. The van der Waals surface area contributed by atoms with Gasteiger partial charge in [0.25, 0.3) is 5.91 Å². The molecule has 1 heterocycles. The van der Waals surface area contributed by atoms with Crippen molar-refractivity contribution in [1.82, 2.24) is 15.2 Å². The molecule has 2 amide bonds. The molecule has 0 saturated heterocycles. The summed E-state index contributed by atoms with van der Waals surface area (Å²) >= 11 is 0. The van der Waals surface area contributed by atoms with Gasteiger partial charge in [-0.05, 0) is 26.0 Å². The molecule has 0 unspecified atom stereocenters. The molecule has 0 radical (unpaired) electrons. The zero-order valence-corrected chi connectivity index (χ0v) is 11.6. The van der Waals surface area contributed by atoms with E-state index in [1.54, 1.807) is 30.3 Å². The average molecular weight is 264 g/mol. The average Bonchev–Trinajstić information content (AvgIpc) is 2.46. The normalized spacial score (nSPS) is 9.84. The summed E-state index contributed by atoms with van der Waals surface area (Å²) in [7, 11) is 1.58. The van der Waals surface area contributed by atoms with Gasteiger partial charge in [0.15, 0.2) is 0 Å². The maximum atomic E-state index is 12.1. The van der Waals surface area contributed by atoms with Crippen molar-refractivity contribution in [2.24, 2.45) is 0 Å². The van der Waals surface area contributed by atoms with Gasteiger partial charge < -0.3 is 15.5 Å². The fraction of sp³-hybridized carbons (Fsp3) is 0.462. The molecule has 0 bridgehead atoms. The minimum Gasteiger partial charge on any atom is -0.376 e. The number of pyridine rings is 1. The molecule has 6 nitrogen and oxygen atoms in total. The largest absolute Gasteiger partial charge is 0.376 e. The topological polar surface area (TPSA) is 74.3 Å². The van der Waals surface area contributed by atoms with Crippen molar-refractivity contribution in [3.63, 3.8) is 0 Å². The standard InChI is InChI=1S/C13H20N4O2/c1-4-17(5-2)13(19)11-8-10(6-7-15-11)16-9-12(18)14-3/h6-8H,4-5,9H2,1-3H3,(H,14,18)(H,15,16). The summed E-state index contributed by atoms with van der Waals surface area (Å²) in [4.78, 5) is 29.0. The fourth-order valence-corrected chi connectivity index (χ4v) is 1.60. The zero-order chi connectivity index (χ0) is 14.3. The first-order valence-corrected chi connectivity index (χ1v) is 6.32. The summed E-state index contributed by atoms with van der Waals surface area (Å²) in [6, 6.07) is 3.38. The van der Waals surface area contributed by atoms with E-state index in [0.717, 1.165) is 0 Å². The van der Waals surface area contributed by atoms with E-state index < -0.39 is 0 Å². The molecule has 19 heavy (non-hydrogen) atoms. The number of aromatic nitrogens is 1. The second-order valence-corrected chi connectivity index (χ2v) is 3.93. The Morgan fingerprint density at radius 2 is 2.00 bits per heavy atom. The van der Waals surface area contributed by atoms with Gasteiger partial charge in [-0.25, -0.2) is 0 Å². The lowest BCUT2D eigenvalue weighted by atomic mass is 10.2. The maximum Gasteiger partial charge on any atom is 0.272 e. The molecule has 1 aromatic heterocycles. The molecule has 1 rings (SSSR count). The van der Waals surface area contributed by atoms with Gasteiger partial charge in [0.05, 0.1) is 6.54 Å². The molecule has 0 spiro atoms. The van der Waals surface area contributed by atoms with Crippen molar-refractivity contribution in [2.45, 2.75) is 13.8 Å². The summed E-state index contributed by atoms with van der Waals surface area (Å²) < 4.78 is 0. The molecule has 0 atom stereocenters. The first-order chi connectivity index (χ1) is 9.12. The number of rotatable bonds is 6. The summed E-state index contributed by atoms with van der Waals surface area (Å²) in [5, 5.41) is 5.46. The highest BCUT2D eigenvalue weighted by molar-refractivity contribution is 5.93. The number of hydrogen-bond donors (Lipinski definition) is 2. The van der Waals surface area contributed by atoms with Crippen LogP contribution in [0.25, 0.3) is 0 Å². The van der Waals surface area contributed by atoms with Gasteiger partial charge in [0, 0.05) is 32.0 Å². The number of carbonyl (C=O) groups is 2. The van der Waals surface area contributed by atoms with Crippen LogP contribution in [0.15, 0.2) is 18.3 Å². The van der Waals surface area contributed by atoms with Crippen LogP contribution in [0.3, 0.4) is 0 Å². The van der Waals surface area contributed by atoms with Crippen LogP contribution in [0, 0.1) is 0 Å². The molecule has 0 saturated carbocycles. The minimum absolute atomic E-state index is 0.103. The van der Waals surface area contributed by atoms with Gasteiger partial charge in [-0.1, -0.05) is 0 Å². The summed E-state index contributed by atoms with van der Waals surface area (Å²) in [5.74, 6) is -0.220. The Hall–Kier alpha value is -2.11. The molecule has 0 aromatic carbocycles. The van der Waals surface area contributed by atoms with E-state index in [4.69, 9.17) is 0 Å². The van der Waals surface area contributed by atoms with Crippen molar-refractivity contribution >= 4 is 17.5 Å². The number of anilines is 1. The molecule has 6 heteroatoms. The third kappa shape index (κ3) is 4.24. The molecular weight excluding hydrogens is 244 g/mol. The highest BCUT2D eigenvalue weighted by atomic mass is 16.2. The van der Waals surface area contributed by atoms with E-state index in [9.17, 15) is 9.59 Å². The molecule has 0 aliphatic heterocycles. The van der Waals surface area contributed by atoms with Crippen molar-refractivity contribution in [3.05, 3.63) is 24.0 Å². The maximum absolute atomic E-state index is 12.1. The van der Waals surface area contributed by atoms with E-state index in [1.807, 2.05) is 13.8 Å². The van der Waals surface area contributed by atoms with Crippen LogP contribution in [-0.4, -0.2) is 48.4 Å². The second-order valence-electron chi connectivity index (χ2n) is 3.93. The molecule has 0 fully saturated rings. The lowest BCUT2D eigenvalue weighted by Gasteiger charge is -2.18. The molecule has 0 aliphatic rings. The third-order valence-corrected chi connectivity index (χ3v) is 2.76. The minimum atomic E-state index is -0.117. The van der Waals surface area contributed by atoms with E-state index in [1.165, 1.54) is 0 Å². The van der Waals surface area contributed by atoms with E-state index in [-0.39, 0.29) is 18.4 Å². The highest BCUT2D eigenvalue weighted by Crippen LogP contribution is 2.09. The first-order valence-electron chi connectivity index (χ1n) is 6.32. The number of nitrogens with zero attached hydrogens (tertiary/aromatic N) is 2. The Bertz CT molecular complexity index is 444. The summed E-state index contributed by atoms with van der Waals surface area (Å²) in [6.07, 6.45) is 1.56. The van der Waals surface area contributed by atoms with Crippen LogP contribution in [-0.2, 0) is 4.79 Å². The summed E-state index contributed by atoms with van der Waals surface area (Å²) in [6.45, 7) is 5.31. The number of likely N-dealkylation sites (N-methyl/N-ethyl adjacent to an activating group) is 1. The fourth-order valence-electron chi connectivity index (χ4n) is 1.60. The Labute approximate surface area is 113 Å².